The number of carbonyl (C=O) groups is 1. The molecule has 1 saturated heterocycles. The van der Waals surface area contributed by atoms with Crippen molar-refractivity contribution in [1.29, 1.82) is 0 Å². The molecule has 0 bridgehead atoms. The van der Waals surface area contributed by atoms with E-state index in [0.29, 0.717) is 18.7 Å². The first-order valence-electron chi connectivity index (χ1n) is 8.54. The number of hydrogen-bond acceptors (Lipinski definition) is 5. The highest BCUT2D eigenvalue weighted by Gasteiger charge is 2.34. The molecule has 3 rings (SSSR count). The standard InChI is InChI=1S/C18H17F3N2O5S/c19-18(20,21)28-14-4-1-2-6-16(14)29(25,26)23-13-9-7-12(8-10-13)22-17(24)15-5-3-11-27-15/h1-2,4,6-10,15,23H,3,5,11H2,(H,22,24)/t15-/m1/s1. The van der Waals surface area contributed by atoms with Gasteiger partial charge in [0.2, 0.25) is 0 Å². The lowest BCUT2D eigenvalue weighted by Crippen LogP contribution is -2.26. The van der Waals surface area contributed by atoms with Gasteiger partial charge in [-0.2, -0.15) is 0 Å². The minimum Gasteiger partial charge on any atom is -0.404 e. The quantitative estimate of drug-likeness (QED) is 0.732. The Balaban J connectivity index is 1.72. The van der Waals surface area contributed by atoms with Crippen LogP contribution in [0, 0.1) is 0 Å². The van der Waals surface area contributed by atoms with E-state index in [9.17, 15) is 26.4 Å². The van der Waals surface area contributed by atoms with Gasteiger partial charge in [0.05, 0.1) is 0 Å². The van der Waals surface area contributed by atoms with E-state index in [1.165, 1.54) is 36.4 Å². The second-order valence-electron chi connectivity index (χ2n) is 6.17. The highest BCUT2D eigenvalue weighted by Crippen LogP contribution is 2.30. The highest BCUT2D eigenvalue weighted by molar-refractivity contribution is 7.92. The third kappa shape index (κ3) is 5.61. The summed E-state index contributed by atoms with van der Waals surface area (Å²) in [6.45, 7) is 0.526. The summed E-state index contributed by atoms with van der Waals surface area (Å²) in [6, 6.07) is 10.1. The fraction of sp³-hybridized carbons (Fsp3) is 0.278. The zero-order chi connectivity index (χ0) is 21.1. The Morgan fingerprint density at radius 1 is 1.07 bits per heavy atom. The molecule has 0 spiro atoms. The Hall–Kier alpha value is -2.79. The molecule has 1 amide bonds. The predicted octanol–water partition coefficient (Wildman–Crippen LogP) is 3.50. The molecule has 0 aromatic heterocycles. The maximum Gasteiger partial charge on any atom is 0.573 e. The Morgan fingerprint density at radius 2 is 1.72 bits per heavy atom. The third-order valence-electron chi connectivity index (χ3n) is 3.99. The number of halogens is 3. The molecule has 2 aromatic rings. The van der Waals surface area contributed by atoms with Gasteiger partial charge in [0.15, 0.2) is 0 Å². The van der Waals surface area contributed by atoms with Crippen molar-refractivity contribution in [3.63, 3.8) is 0 Å². The number of alkyl halides is 3. The van der Waals surface area contributed by atoms with Crippen molar-refractivity contribution in [3.05, 3.63) is 48.5 Å². The van der Waals surface area contributed by atoms with Crippen molar-refractivity contribution in [2.24, 2.45) is 0 Å². The smallest absolute Gasteiger partial charge is 0.404 e. The van der Waals surface area contributed by atoms with Gasteiger partial charge in [0, 0.05) is 18.0 Å². The Bertz CT molecular complexity index is 972. The van der Waals surface area contributed by atoms with Crippen LogP contribution in [0.1, 0.15) is 12.8 Å². The molecule has 2 N–H and O–H groups in total. The minimum absolute atomic E-state index is 0.0990. The Kier molecular flexibility index (Phi) is 5.99. The average molecular weight is 430 g/mol. The van der Waals surface area contributed by atoms with Crippen LogP contribution < -0.4 is 14.8 Å². The second-order valence-corrected chi connectivity index (χ2v) is 7.82. The number of ether oxygens (including phenoxy) is 2. The highest BCUT2D eigenvalue weighted by atomic mass is 32.2. The van der Waals surface area contributed by atoms with Crippen LogP contribution in [0.5, 0.6) is 5.75 Å². The van der Waals surface area contributed by atoms with Crippen molar-refractivity contribution < 1.29 is 35.9 Å². The van der Waals surface area contributed by atoms with E-state index < -0.39 is 33.1 Å². The first kappa shape index (κ1) is 20.9. The van der Waals surface area contributed by atoms with Crippen LogP contribution in [0.15, 0.2) is 53.4 Å². The van der Waals surface area contributed by atoms with Crippen molar-refractivity contribution in [3.8, 4) is 5.75 Å². The van der Waals surface area contributed by atoms with Gasteiger partial charge in [0.25, 0.3) is 15.9 Å². The molecule has 0 radical (unpaired) electrons. The minimum atomic E-state index is -5.03. The summed E-state index contributed by atoms with van der Waals surface area (Å²) >= 11 is 0. The Labute approximate surface area is 164 Å². The van der Waals surface area contributed by atoms with Crippen molar-refractivity contribution in [2.45, 2.75) is 30.2 Å². The maximum absolute atomic E-state index is 12.5. The SMILES string of the molecule is O=C(Nc1ccc(NS(=O)(=O)c2ccccc2OC(F)(F)F)cc1)[C@H]1CCCO1. The van der Waals surface area contributed by atoms with Crippen LogP contribution in [0.3, 0.4) is 0 Å². The van der Waals surface area contributed by atoms with Crippen LogP contribution >= 0.6 is 0 Å². The number of rotatable bonds is 6. The summed E-state index contributed by atoms with van der Waals surface area (Å²) in [4.78, 5) is 11.4. The molecule has 29 heavy (non-hydrogen) atoms. The van der Waals surface area contributed by atoms with Gasteiger partial charge >= 0.3 is 6.36 Å². The fourth-order valence-corrected chi connectivity index (χ4v) is 3.91. The molecular weight excluding hydrogens is 413 g/mol. The molecule has 0 aliphatic carbocycles. The largest absolute Gasteiger partial charge is 0.573 e. The molecule has 7 nitrogen and oxygen atoms in total. The zero-order valence-electron chi connectivity index (χ0n) is 14.9. The normalized spacial score (nSPS) is 17.0. The number of amides is 1. The van der Waals surface area contributed by atoms with E-state index in [2.05, 4.69) is 14.8 Å². The van der Waals surface area contributed by atoms with Gasteiger partial charge in [-0.05, 0) is 49.2 Å². The first-order valence-corrected chi connectivity index (χ1v) is 10.0. The molecule has 0 saturated carbocycles. The summed E-state index contributed by atoms with van der Waals surface area (Å²) in [5, 5.41) is 2.65. The number of carbonyl (C=O) groups excluding carboxylic acids is 1. The molecule has 0 unspecified atom stereocenters. The number of para-hydroxylation sites is 1. The van der Waals surface area contributed by atoms with E-state index >= 15 is 0 Å². The van der Waals surface area contributed by atoms with E-state index in [4.69, 9.17) is 4.74 Å². The van der Waals surface area contributed by atoms with Crippen LogP contribution in [-0.4, -0.2) is 33.4 Å². The summed E-state index contributed by atoms with van der Waals surface area (Å²) in [5.74, 6) is -1.14. The van der Waals surface area contributed by atoms with Crippen LogP contribution in [0.4, 0.5) is 24.5 Å². The van der Waals surface area contributed by atoms with Crippen LogP contribution in [0.25, 0.3) is 0 Å². The van der Waals surface area contributed by atoms with Crippen molar-refractivity contribution >= 4 is 27.3 Å². The summed E-state index contributed by atoms with van der Waals surface area (Å²) in [6.07, 6.45) is -4.12. The molecule has 1 fully saturated rings. The van der Waals surface area contributed by atoms with Gasteiger partial charge in [-0.3, -0.25) is 9.52 Å². The molecule has 1 aliphatic heterocycles. The van der Waals surface area contributed by atoms with Crippen molar-refractivity contribution in [1.82, 2.24) is 0 Å². The number of sulfonamides is 1. The van der Waals surface area contributed by atoms with E-state index in [-0.39, 0.29) is 11.6 Å². The first-order chi connectivity index (χ1) is 13.6. The van der Waals surface area contributed by atoms with E-state index in [1.807, 2.05) is 0 Å². The molecule has 1 heterocycles. The van der Waals surface area contributed by atoms with Gasteiger partial charge in [0.1, 0.15) is 16.7 Å². The van der Waals surface area contributed by atoms with E-state index in [0.717, 1.165) is 18.6 Å². The number of anilines is 2. The zero-order valence-corrected chi connectivity index (χ0v) is 15.7. The second kappa shape index (κ2) is 8.29. The molecule has 156 valence electrons. The fourth-order valence-electron chi connectivity index (χ4n) is 2.72. The summed E-state index contributed by atoms with van der Waals surface area (Å²) in [7, 11) is -4.35. The molecule has 1 aliphatic rings. The lowest BCUT2D eigenvalue weighted by Gasteiger charge is -2.15. The predicted molar refractivity (Wildman–Crippen MR) is 98.0 cm³/mol. The lowest BCUT2D eigenvalue weighted by molar-refractivity contribution is -0.275. The number of benzene rings is 2. The van der Waals surface area contributed by atoms with Crippen LogP contribution in [-0.2, 0) is 19.6 Å². The van der Waals surface area contributed by atoms with Gasteiger partial charge in [-0.1, -0.05) is 12.1 Å². The monoisotopic (exact) mass is 430 g/mol. The Morgan fingerprint density at radius 3 is 2.34 bits per heavy atom. The number of nitrogens with one attached hydrogen (secondary N) is 2. The average Bonchev–Trinajstić information content (AvgIpc) is 3.17. The summed E-state index contributed by atoms with van der Waals surface area (Å²) < 4.78 is 73.8. The van der Waals surface area contributed by atoms with E-state index in [1.54, 1.807) is 0 Å². The molecule has 1 atom stereocenters. The molecule has 2 aromatic carbocycles. The summed E-state index contributed by atoms with van der Waals surface area (Å²) in [5.41, 5.74) is 0.524. The third-order valence-corrected chi connectivity index (χ3v) is 5.41. The maximum atomic E-state index is 12.5. The van der Waals surface area contributed by atoms with Gasteiger partial charge in [-0.25, -0.2) is 8.42 Å². The van der Waals surface area contributed by atoms with Gasteiger partial charge in [-0.15, -0.1) is 13.2 Å². The van der Waals surface area contributed by atoms with Crippen molar-refractivity contribution in [2.75, 3.05) is 16.6 Å². The molecule has 11 heteroatoms. The number of hydrogen-bond donors (Lipinski definition) is 2. The topological polar surface area (TPSA) is 93.7 Å². The van der Waals surface area contributed by atoms with Crippen LogP contribution in [0.2, 0.25) is 0 Å². The molecular formula is C18H17F3N2O5S. The lowest BCUT2D eigenvalue weighted by atomic mass is 10.2. The van der Waals surface area contributed by atoms with Gasteiger partial charge < -0.3 is 14.8 Å².